The maximum atomic E-state index is 12.5. The summed E-state index contributed by atoms with van der Waals surface area (Å²) >= 11 is 0. The minimum Gasteiger partial charge on any atom is -0.481 e. The summed E-state index contributed by atoms with van der Waals surface area (Å²) in [7, 11) is 0. The SMILES string of the molecule is CCC(C)C(NC(=O)C(N)CC(=O)O)C(=O)NCC(=O)NC(CCCN=C(N)N)C(=O)O. The summed E-state index contributed by atoms with van der Waals surface area (Å²) in [5.74, 6) is -5.25. The lowest BCUT2D eigenvalue weighted by Crippen LogP contribution is -2.55. The van der Waals surface area contributed by atoms with Gasteiger partial charge in [-0.25, -0.2) is 4.79 Å². The maximum Gasteiger partial charge on any atom is 0.326 e. The fourth-order valence-corrected chi connectivity index (χ4v) is 2.53. The molecule has 0 aromatic rings. The topological polar surface area (TPSA) is 252 Å². The molecule has 14 heteroatoms. The van der Waals surface area contributed by atoms with E-state index in [2.05, 4.69) is 20.9 Å². The van der Waals surface area contributed by atoms with Crippen LogP contribution in [0.25, 0.3) is 0 Å². The van der Waals surface area contributed by atoms with Gasteiger partial charge in [0.25, 0.3) is 0 Å². The molecular formula is C18H33N7O7. The molecule has 0 aromatic carbocycles. The van der Waals surface area contributed by atoms with Gasteiger partial charge in [0, 0.05) is 6.54 Å². The van der Waals surface area contributed by atoms with Gasteiger partial charge in [-0.1, -0.05) is 20.3 Å². The van der Waals surface area contributed by atoms with Crippen LogP contribution >= 0.6 is 0 Å². The Balaban J connectivity index is 4.85. The number of hydrogen-bond donors (Lipinski definition) is 8. The van der Waals surface area contributed by atoms with Crippen molar-refractivity contribution in [1.82, 2.24) is 16.0 Å². The molecule has 0 bridgehead atoms. The van der Waals surface area contributed by atoms with Gasteiger partial charge in [-0.2, -0.15) is 0 Å². The van der Waals surface area contributed by atoms with Crippen molar-refractivity contribution >= 4 is 35.6 Å². The molecule has 0 spiro atoms. The first-order valence-corrected chi connectivity index (χ1v) is 10.0. The summed E-state index contributed by atoms with van der Waals surface area (Å²) < 4.78 is 0. The van der Waals surface area contributed by atoms with Crippen molar-refractivity contribution in [2.75, 3.05) is 13.1 Å². The van der Waals surface area contributed by atoms with E-state index in [0.717, 1.165) is 0 Å². The Kier molecular flexibility index (Phi) is 13.0. The van der Waals surface area contributed by atoms with Crippen LogP contribution in [0, 0.1) is 5.92 Å². The van der Waals surface area contributed by atoms with E-state index >= 15 is 0 Å². The molecular weight excluding hydrogens is 426 g/mol. The molecule has 0 aliphatic rings. The highest BCUT2D eigenvalue weighted by atomic mass is 16.4. The molecule has 0 aliphatic heterocycles. The molecule has 182 valence electrons. The number of nitrogens with two attached hydrogens (primary N) is 3. The third kappa shape index (κ3) is 11.7. The molecule has 0 aliphatic carbocycles. The van der Waals surface area contributed by atoms with Crippen LogP contribution in [0.1, 0.15) is 39.5 Å². The predicted octanol–water partition coefficient (Wildman–Crippen LogP) is -2.94. The smallest absolute Gasteiger partial charge is 0.326 e. The summed E-state index contributed by atoms with van der Waals surface area (Å²) in [6.07, 6.45) is 0.261. The average Bonchev–Trinajstić information content (AvgIpc) is 2.70. The molecule has 0 heterocycles. The lowest BCUT2D eigenvalue weighted by Gasteiger charge is -2.25. The molecule has 3 amide bonds. The van der Waals surface area contributed by atoms with E-state index in [1.807, 2.05) is 0 Å². The van der Waals surface area contributed by atoms with Gasteiger partial charge >= 0.3 is 11.9 Å². The molecule has 14 nitrogen and oxygen atoms in total. The summed E-state index contributed by atoms with van der Waals surface area (Å²) in [4.78, 5) is 62.4. The first-order chi connectivity index (χ1) is 14.9. The van der Waals surface area contributed by atoms with Crippen LogP contribution < -0.4 is 33.2 Å². The number of hydrogen-bond acceptors (Lipinski definition) is 7. The highest BCUT2D eigenvalue weighted by Gasteiger charge is 2.29. The number of carbonyl (C=O) groups excluding carboxylic acids is 3. The van der Waals surface area contributed by atoms with Crippen LogP contribution in [0.4, 0.5) is 0 Å². The first-order valence-electron chi connectivity index (χ1n) is 10.0. The van der Waals surface area contributed by atoms with E-state index in [1.165, 1.54) is 0 Å². The van der Waals surface area contributed by atoms with Gasteiger partial charge in [0.1, 0.15) is 12.1 Å². The highest BCUT2D eigenvalue weighted by Crippen LogP contribution is 2.08. The normalized spacial score (nSPS) is 14.2. The number of rotatable bonds is 15. The van der Waals surface area contributed by atoms with E-state index < -0.39 is 60.8 Å². The van der Waals surface area contributed by atoms with Gasteiger partial charge in [-0.3, -0.25) is 24.2 Å². The molecule has 0 fully saturated rings. The van der Waals surface area contributed by atoms with Crippen molar-refractivity contribution < 1.29 is 34.2 Å². The Morgan fingerprint density at radius 1 is 1.03 bits per heavy atom. The van der Waals surface area contributed by atoms with Crippen molar-refractivity contribution in [1.29, 1.82) is 0 Å². The molecule has 0 aromatic heterocycles. The summed E-state index contributed by atoms with van der Waals surface area (Å²) in [5.41, 5.74) is 15.9. The van der Waals surface area contributed by atoms with E-state index in [4.69, 9.17) is 22.3 Å². The van der Waals surface area contributed by atoms with Crippen molar-refractivity contribution in [3.8, 4) is 0 Å². The van der Waals surface area contributed by atoms with Gasteiger partial charge in [0.15, 0.2) is 5.96 Å². The van der Waals surface area contributed by atoms with Gasteiger partial charge in [-0.05, 0) is 18.8 Å². The van der Waals surface area contributed by atoms with Crippen molar-refractivity contribution in [3.63, 3.8) is 0 Å². The van der Waals surface area contributed by atoms with Crippen LogP contribution in [0.5, 0.6) is 0 Å². The summed E-state index contributed by atoms with van der Waals surface area (Å²) in [5, 5.41) is 25.0. The Morgan fingerprint density at radius 2 is 1.66 bits per heavy atom. The second-order valence-electron chi connectivity index (χ2n) is 7.20. The lowest BCUT2D eigenvalue weighted by molar-refractivity contribution is -0.142. The Labute approximate surface area is 185 Å². The molecule has 32 heavy (non-hydrogen) atoms. The van der Waals surface area contributed by atoms with Gasteiger partial charge < -0.3 is 43.4 Å². The van der Waals surface area contributed by atoms with Crippen LogP contribution in [0.15, 0.2) is 4.99 Å². The lowest BCUT2D eigenvalue weighted by atomic mass is 9.97. The number of guanidine groups is 1. The minimum atomic E-state index is -1.34. The van der Waals surface area contributed by atoms with Crippen molar-refractivity contribution in [2.24, 2.45) is 28.1 Å². The second kappa shape index (κ2) is 14.6. The molecule has 0 saturated heterocycles. The average molecular weight is 460 g/mol. The van der Waals surface area contributed by atoms with E-state index in [1.54, 1.807) is 13.8 Å². The quantitative estimate of drug-likeness (QED) is 0.0702. The zero-order valence-corrected chi connectivity index (χ0v) is 18.2. The number of carboxylic acids is 2. The second-order valence-corrected chi connectivity index (χ2v) is 7.20. The number of carboxylic acid groups (broad SMARTS) is 2. The van der Waals surface area contributed by atoms with Gasteiger partial charge in [-0.15, -0.1) is 0 Å². The Bertz CT molecular complexity index is 710. The maximum absolute atomic E-state index is 12.5. The molecule has 4 atom stereocenters. The number of carbonyl (C=O) groups is 5. The Hall–Kier alpha value is -3.42. The molecule has 4 unspecified atom stereocenters. The molecule has 0 rings (SSSR count). The zero-order chi connectivity index (χ0) is 24.8. The first kappa shape index (κ1) is 28.6. The summed E-state index contributed by atoms with van der Waals surface area (Å²) in [6.45, 7) is 3.13. The fourth-order valence-electron chi connectivity index (χ4n) is 2.53. The van der Waals surface area contributed by atoms with Gasteiger partial charge in [0.05, 0.1) is 19.0 Å². The van der Waals surface area contributed by atoms with Crippen molar-refractivity contribution in [3.05, 3.63) is 0 Å². The van der Waals surface area contributed by atoms with Gasteiger partial charge in [0.2, 0.25) is 17.7 Å². The van der Waals surface area contributed by atoms with E-state index in [0.29, 0.717) is 12.8 Å². The molecule has 0 radical (unpaired) electrons. The minimum absolute atomic E-state index is 0.0683. The third-order valence-corrected chi connectivity index (χ3v) is 4.53. The number of aliphatic carboxylic acids is 2. The fraction of sp³-hybridized carbons (Fsp3) is 0.667. The standard InChI is InChI=1S/C18H33N7O7/c1-3-9(2)14(25-15(29)10(19)7-13(27)28)16(30)23-8-12(26)24-11(17(31)32)5-4-6-22-18(20)21/h9-11,14H,3-8,19H2,1-2H3,(H,23,30)(H,24,26)(H,25,29)(H,27,28)(H,31,32)(H4,20,21,22). The monoisotopic (exact) mass is 459 g/mol. The Morgan fingerprint density at radius 3 is 2.16 bits per heavy atom. The number of nitrogens with one attached hydrogen (secondary N) is 3. The highest BCUT2D eigenvalue weighted by molar-refractivity contribution is 5.93. The largest absolute Gasteiger partial charge is 0.481 e. The van der Waals surface area contributed by atoms with Crippen LogP contribution in [0.2, 0.25) is 0 Å². The predicted molar refractivity (Wildman–Crippen MR) is 114 cm³/mol. The molecule has 11 N–H and O–H groups in total. The number of nitrogens with zero attached hydrogens (tertiary/aromatic N) is 1. The van der Waals surface area contributed by atoms with E-state index in [9.17, 15) is 29.1 Å². The number of aliphatic imine (C=N–C) groups is 1. The van der Waals surface area contributed by atoms with Crippen LogP contribution in [0.3, 0.4) is 0 Å². The van der Waals surface area contributed by atoms with Crippen LogP contribution in [-0.4, -0.2) is 77.0 Å². The summed E-state index contributed by atoms with van der Waals surface area (Å²) in [6, 6.07) is -3.60. The van der Waals surface area contributed by atoms with Crippen molar-refractivity contribution in [2.45, 2.75) is 57.7 Å². The third-order valence-electron chi connectivity index (χ3n) is 4.53. The van der Waals surface area contributed by atoms with Crippen LogP contribution in [-0.2, 0) is 24.0 Å². The zero-order valence-electron chi connectivity index (χ0n) is 18.2. The van der Waals surface area contributed by atoms with E-state index in [-0.39, 0.29) is 24.8 Å². The molecule has 0 saturated carbocycles. The number of amides is 3.